The first-order chi connectivity index (χ1) is 15.1. The second-order valence-electron chi connectivity index (χ2n) is 7.57. The zero-order valence-electron chi connectivity index (χ0n) is 17.1. The van der Waals surface area contributed by atoms with Gasteiger partial charge in [0.15, 0.2) is 6.61 Å². The van der Waals surface area contributed by atoms with Crippen LogP contribution in [0.4, 0.5) is 0 Å². The molecule has 5 rings (SSSR count). The van der Waals surface area contributed by atoms with Gasteiger partial charge < -0.3 is 9.64 Å². The third kappa shape index (κ3) is 3.72. The number of nitrogens with zero attached hydrogens (tertiary/aromatic N) is 3. The molecule has 2 aromatic heterocycles. The Balaban J connectivity index is 1.28. The van der Waals surface area contributed by atoms with Crippen molar-refractivity contribution in [3.05, 3.63) is 82.4 Å². The van der Waals surface area contributed by atoms with Crippen LogP contribution in [0.2, 0.25) is 0 Å². The fourth-order valence-corrected chi connectivity index (χ4v) is 4.97. The number of rotatable bonds is 4. The number of hydrogen-bond donors (Lipinski definition) is 0. The minimum Gasteiger partial charge on any atom is -0.451 e. The van der Waals surface area contributed by atoms with Crippen molar-refractivity contribution < 1.29 is 14.3 Å². The maximum atomic E-state index is 12.6. The average Bonchev–Trinajstić information content (AvgIpc) is 3.38. The minimum atomic E-state index is -0.481. The van der Waals surface area contributed by atoms with E-state index in [0.29, 0.717) is 18.0 Å². The predicted octanol–water partition coefficient (Wildman–Crippen LogP) is 4.14. The minimum absolute atomic E-state index is 0.171. The molecule has 0 unspecified atom stereocenters. The summed E-state index contributed by atoms with van der Waals surface area (Å²) in [6.07, 6.45) is 0.821. The lowest BCUT2D eigenvalue weighted by molar-refractivity contribution is -0.135. The molecule has 31 heavy (non-hydrogen) atoms. The van der Waals surface area contributed by atoms with Gasteiger partial charge in [0.25, 0.3) is 5.91 Å². The zero-order valence-corrected chi connectivity index (χ0v) is 17.9. The monoisotopic (exact) mass is 431 g/mol. The largest absolute Gasteiger partial charge is 0.451 e. The maximum absolute atomic E-state index is 12.6. The van der Waals surface area contributed by atoms with Crippen molar-refractivity contribution >= 4 is 33.4 Å². The number of para-hydroxylation sites is 1. The summed E-state index contributed by atoms with van der Waals surface area (Å²) in [6, 6.07) is 19.7. The van der Waals surface area contributed by atoms with Gasteiger partial charge in [-0.3, -0.25) is 4.79 Å². The third-order valence-corrected chi connectivity index (χ3v) is 6.65. The normalized spacial score (nSPS) is 13.3. The van der Waals surface area contributed by atoms with Crippen LogP contribution in [-0.2, 0) is 22.5 Å². The summed E-state index contributed by atoms with van der Waals surface area (Å²) in [4.78, 5) is 28.3. The SMILES string of the molecule is Cc1nn(-c2ccccc2)c2sc(C(=O)OCC(=O)N3CCc4ccccc4C3)cc12. The van der Waals surface area contributed by atoms with Crippen LogP contribution >= 0.6 is 11.3 Å². The van der Waals surface area contributed by atoms with Crippen LogP contribution in [0.3, 0.4) is 0 Å². The molecular weight excluding hydrogens is 410 g/mol. The number of esters is 1. The Morgan fingerprint density at radius 1 is 1.06 bits per heavy atom. The fraction of sp³-hybridized carbons (Fsp3) is 0.208. The second-order valence-corrected chi connectivity index (χ2v) is 8.60. The van der Waals surface area contributed by atoms with Gasteiger partial charge in [0.2, 0.25) is 0 Å². The number of carbonyl (C=O) groups excluding carboxylic acids is 2. The first-order valence-corrected chi connectivity index (χ1v) is 11.0. The lowest BCUT2D eigenvalue weighted by Crippen LogP contribution is -2.38. The van der Waals surface area contributed by atoms with Crippen molar-refractivity contribution in [3.8, 4) is 5.69 Å². The van der Waals surface area contributed by atoms with Crippen LogP contribution in [0.5, 0.6) is 0 Å². The van der Waals surface area contributed by atoms with E-state index in [-0.39, 0.29) is 12.5 Å². The van der Waals surface area contributed by atoms with E-state index in [1.54, 1.807) is 11.0 Å². The molecule has 0 saturated carbocycles. The number of ether oxygens (including phenoxy) is 1. The Labute approximate surface area is 183 Å². The molecule has 0 N–H and O–H groups in total. The lowest BCUT2D eigenvalue weighted by Gasteiger charge is -2.28. The van der Waals surface area contributed by atoms with Gasteiger partial charge in [0, 0.05) is 18.5 Å². The van der Waals surface area contributed by atoms with Gasteiger partial charge in [0.1, 0.15) is 9.71 Å². The number of hydrogen-bond acceptors (Lipinski definition) is 5. The van der Waals surface area contributed by atoms with Crippen molar-refractivity contribution in [2.24, 2.45) is 0 Å². The first-order valence-electron chi connectivity index (χ1n) is 10.2. The quantitative estimate of drug-likeness (QED) is 0.456. The second kappa shape index (κ2) is 8.00. The molecule has 1 aliphatic rings. The third-order valence-electron chi connectivity index (χ3n) is 5.56. The van der Waals surface area contributed by atoms with Gasteiger partial charge in [-0.05, 0) is 42.7 Å². The molecule has 2 aromatic carbocycles. The number of aromatic nitrogens is 2. The molecule has 0 atom stereocenters. The van der Waals surface area contributed by atoms with Crippen molar-refractivity contribution in [2.75, 3.05) is 13.2 Å². The van der Waals surface area contributed by atoms with E-state index >= 15 is 0 Å². The summed E-state index contributed by atoms with van der Waals surface area (Å²) in [5.74, 6) is -0.651. The van der Waals surface area contributed by atoms with E-state index in [1.807, 2.05) is 60.1 Å². The molecular formula is C24H21N3O3S. The van der Waals surface area contributed by atoms with E-state index in [4.69, 9.17) is 4.74 Å². The number of amides is 1. The molecule has 1 amide bonds. The molecule has 1 aliphatic heterocycles. The maximum Gasteiger partial charge on any atom is 0.348 e. The molecule has 6 nitrogen and oxygen atoms in total. The number of thiophene rings is 1. The summed E-state index contributed by atoms with van der Waals surface area (Å²) in [7, 11) is 0. The molecule has 0 spiro atoms. The van der Waals surface area contributed by atoms with Crippen LogP contribution in [0.1, 0.15) is 26.5 Å². The molecule has 0 aliphatic carbocycles. The summed E-state index contributed by atoms with van der Waals surface area (Å²) in [5, 5.41) is 5.50. The van der Waals surface area contributed by atoms with Crippen molar-refractivity contribution in [2.45, 2.75) is 19.9 Å². The average molecular weight is 432 g/mol. The van der Waals surface area contributed by atoms with Gasteiger partial charge in [0.05, 0.1) is 11.4 Å². The molecule has 0 bridgehead atoms. The van der Waals surface area contributed by atoms with Crippen LogP contribution in [0.15, 0.2) is 60.7 Å². The topological polar surface area (TPSA) is 64.4 Å². The Hall–Kier alpha value is -3.45. The van der Waals surface area contributed by atoms with Crippen molar-refractivity contribution in [3.63, 3.8) is 0 Å². The number of benzene rings is 2. The van der Waals surface area contributed by atoms with Crippen LogP contribution < -0.4 is 0 Å². The standard InChI is InChI=1S/C24H21N3O3S/c1-16-20-13-21(31-23(20)27(25-16)19-9-3-2-4-10-19)24(29)30-15-22(28)26-12-11-17-7-5-6-8-18(17)14-26/h2-10,13H,11-12,14-15H2,1H3. The van der Waals surface area contributed by atoms with E-state index in [9.17, 15) is 9.59 Å². The highest BCUT2D eigenvalue weighted by atomic mass is 32.1. The summed E-state index contributed by atoms with van der Waals surface area (Å²) < 4.78 is 7.20. The Kier molecular flexibility index (Phi) is 5.03. The van der Waals surface area contributed by atoms with E-state index in [0.717, 1.165) is 33.6 Å². The van der Waals surface area contributed by atoms with E-state index in [2.05, 4.69) is 11.2 Å². The highest BCUT2D eigenvalue weighted by molar-refractivity contribution is 7.20. The highest BCUT2D eigenvalue weighted by Gasteiger charge is 2.23. The van der Waals surface area contributed by atoms with Gasteiger partial charge in [-0.2, -0.15) is 5.10 Å². The smallest absolute Gasteiger partial charge is 0.348 e. The van der Waals surface area contributed by atoms with E-state index < -0.39 is 5.97 Å². The molecule has 156 valence electrons. The molecule has 0 radical (unpaired) electrons. The predicted molar refractivity (Wildman–Crippen MR) is 120 cm³/mol. The molecule has 0 fully saturated rings. The molecule has 3 heterocycles. The van der Waals surface area contributed by atoms with Gasteiger partial charge in [-0.25, -0.2) is 9.48 Å². The van der Waals surface area contributed by atoms with E-state index in [1.165, 1.54) is 16.9 Å². The Bertz CT molecular complexity index is 1280. The van der Waals surface area contributed by atoms with Gasteiger partial charge in [-0.15, -0.1) is 11.3 Å². The van der Waals surface area contributed by atoms with Crippen molar-refractivity contribution in [1.82, 2.24) is 14.7 Å². The van der Waals surface area contributed by atoms with Gasteiger partial charge >= 0.3 is 5.97 Å². The number of carbonyl (C=O) groups is 2. The summed E-state index contributed by atoms with van der Waals surface area (Å²) in [5.41, 5.74) is 4.20. The Morgan fingerprint density at radius 2 is 1.81 bits per heavy atom. The lowest BCUT2D eigenvalue weighted by atomic mass is 10.00. The fourth-order valence-electron chi connectivity index (χ4n) is 3.89. The first kappa shape index (κ1) is 19.5. The van der Waals surface area contributed by atoms with Crippen LogP contribution in [-0.4, -0.2) is 39.7 Å². The van der Waals surface area contributed by atoms with Crippen LogP contribution in [0, 0.1) is 6.92 Å². The zero-order chi connectivity index (χ0) is 21.4. The van der Waals surface area contributed by atoms with Gasteiger partial charge in [-0.1, -0.05) is 42.5 Å². The summed E-state index contributed by atoms with van der Waals surface area (Å²) >= 11 is 1.33. The highest BCUT2D eigenvalue weighted by Crippen LogP contribution is 2.30. The molecule has 7 heteroatoms. The summed E-state index contributed by atoms with van der Waals surface area (Å²) in [6.45, 7) is 2.87. The molecule has 4 aromatic rings. The van der Waals surface area contributed by atoms with Crippen molar-refractivity contribution in [1.29, 1.82) is 0 Å². The Morgan fingerprint density at radius 3 is 2.61 bits per heavy atom. The number of aryl methyl sites for hydroxylation is 1. The molecule has 0 saturated heterocycles. The number of fused-ring (bicyclic) bond motifs is 2. The van der Waals surface area contributed by atoms with Crippen LogP contribution in [0.25, 0.3) is 15.9 Å².